The number of methoxy groups -OCH3 is 1. The topological polar surface area (TPSA) is 66.9 Å². The third-order valence-electron chi connectivity index (χ3n) is 3.76. The highest BCUT2D eigenvalue weighted by Gasteiger charge is 2.22. The molecule has 2 aromatic rings. The molecule has 0 atom stereocenters. The molecule has 1 amide bonds. The number of hydrogen-bond donors (Lipinski definition) is 0. The lowest BCUT2D eigenvalue weighted by atomic mass is 10.2. The molecule has 0 bridgehead atoms. The Morgan fingerprint density at radius 3 is 2.48 bits per heavy atom. The summed E-state index contributed by atoms with van der Waals surface area (Å²) in [6, 6.07) is 8.68. The zero-order chi connectivity index (χ0) is 20.2. The zero-order valence-corrected chi connectivity index (χ0v) is 18.7. The van der Waals surface area contributed by atoms with Crippen molar-refractivity contribution in [3.63, 3.8) is 0 Å². The monoisotopic (exact) mass is 472 g/mol. The molecule has 6 nitrogen and oxygen atoms in total. The van der Waals surface area contributed by atoms with Gasteiger partial charge >= 0.3 is 0 Å². The summed E-state index contributed by atoms with van der Waals surface area (Å²) in [7, 11) is 2.39. The number of thiophene rings is 1. The largest absolute Gasteiger partial charge is 0.495 e. The second-order valence-electron chi connectivity index (χ2n) is 5.93. The van der Waals surface area contributed by atoms with Gasteiger partial charge in [0.2, 0.25) is 15.9 Å². The van der Waals surface area contributed by atoms with E-state index >= 15 is 0 Å². The number of likely N-dealkylation sites (N-methyl/N-ethyl adjacent to an activating group) is 1. The molecule has 0 spiro atoms. The number of carbonyl (C=O) groups is 1. The Bertz CT molecular complexity index is 952. The Kier molecular flexibility index (Phi) is 7.21. The van der Waals surface area contributed by atoms with E-state index in [1.54, 1.807) is 41.5 Å². The van der Waals surface area contributed by atoms with Gasteiger partial charge in [-0.05, 0) is 51.8 Å². The van der Waals surface area contributed by atoms with Crippen molar-refractivity contribution < 1.29 is 17.9 Å². The number of nitrogens with zero attached hydrogens (tertiary/aromatic N) is 2. The van der Waals surface area contributed by atoms with Crippen LogP contribution in [0.1, 0.15) is 10.4 Å². The Hall–Kier alpha value is -1.68. The number of benzene rings is 1. The van der Waals surface area contributed by atoms with Crippen LogP contribution in [0.15, 0.2) is 45.1 Å². The first-order chi connectivity index (χ1) is 12.6. The summed E-state index contributed by atoms with van der Waals surface area (Å²) < 4.78 is 32.2. The molecule has 0 aliphatic rings. The van der Waals surface area contributed by atoms with E-state index in [0.717, 1.165) is 13.0 Å². The van der Waals surface area contributed by atoms with Gasteiger partial charge in [-0.3, -0.25) is 4.79 Å². The first-order valence-electron chi connectivity index (χ1n) is 7.93. The molecule has 2 rings (SSSR count). The summed E-state index contributed by atoms with van der Waals surface area (Å²) in [6.45, 7) is 0.502. The zero-order valence-electron chi connectivity index (χ0n) is 15.5. The summed E-state index contributed by atoms with van der Waals surface area (Å²) >= 11 is 4.98. The average molecular weight is 473 g/mol. The predicted molar refractivity (Wildman–Crippen MR) is 111 cm³/mol. The minimum absolute atomic E-state index is 0.0568. The third kappa shape index (κ3) is 5.41. The summed E-state index contributed by atoms with van der Waals surface area (Å²) in [4.78, 5) is 15.0. The van der Waals surface area contributed by atoms with E-state index in [1.165, 1.54) is 33.3 Å². The highest BCUT2D eigenvalue weighted by atomic mass is 79.9. The first kappa shape index (κ1) is 21.6. The first-order valence-corrected chi connectivity index (χ1v) is 11.0. The molecule has 0 saturated heterocycles. The Labute approximate surface area is 172 Å². The summed E-state index contributed by atoms with van der Waals surface area (Å²) in [6.07, 6.45) is 3.02. The Morgan fingerprint density at radius 1 is 1.22 bits per heavy atom. The predicted octanol–water partition coefficient (Wildman–Crippen LogP) is 3.44. The number of hydrogen-bond acceptors (Lipinski definition) is 5. The highest BCUT2D eigenvalue weighted by molar-refractivity contribution is 9.11. The van der Waals surface area contributed by atoms with Crippen LogP contribution in [0.5, 0.6) is 5.75 Å². The molecule has 0 aliphatic carbocycles. The number of halogens is 1. The molecule has 0 N–H and O–H groups in total. The van der Waals surface area contributed by atoms with Gasteiger partial charge < -0.3 is 9.64 Å². The number of sulfonamides is 1. The van der Waals surface area contributed by atoms with Crippen molar-refractivity contribution in [3.05, 3.63) is 50.6 Å². The van der Waals surface area contributed by atoms with Gasteiger partial charge in [-0.15, -0.1) is 11.3 Å². The van der Waals surface area contributed by atoms with Gasteiger partial charge in [0.05, 0.1) is 17.4 Å². The number of carbonyl (C=O) groups excluding carboxylic acids is 1. The van der Waals surface area contributed by atoms with Crippen LogP contribution in [0.2, 0.25) is 0 Å². The lowest BCUT2D eigenvalue weighted by molar-refractivity contribution is -0.125. The van der Waals surface area contributed by atoms with Crippen LogP contribution in [0.4, 0.5) is 0 Å². The number of ether oxygens (including phenoxy) is 1. The van der Waals surface area contributed by atoms with E-state index in [0.29, 0.717) is 12.1 Å². The van der Waals surface area contributed by atoms with E-state index in [9.17, 15) is 13.2 Å². The van der Waals surface area contributed by atoms with Gasteiger partial charge in [-0.1, -0.05) is 6.07 Å². The molecular formula is C18H21BrN2O4S2. The Balaban J connectivity index is 2.19. The lowest BCUT2D eigenvalue weighted by Gasteiger charge is -2.15. The van der Waals surface area contributed by atoms with E-state index in [4.69, 9.17) is 4.74 Å². The molecule has 0 unspecified atom stereocenters. The van der Waals surface area contributed by atoms with E-state index in [1.807, 2.05) is 12.1 Å². The van der Waals surface area contributed by atoms with Crippen LogP contribution in [0, 0.1) is 0 Å². The molecule has 1 aromatic carbocycles. The molecule has 1 heterocycles. The fourth-order valence-corrected chi connectivity index (χ4v) is 4.86. The summed E-state index contributed by atoms with van der Waals surface area (Å²) in [5.41, 5.74) is 0.594. The Morgan fingerprint density at radius 2 is 1.93 bits per heavy atom. The number of amides is 1. The molecule has 9 heteroatoms. The van der Waals surface area contributed by atoms with Crippen molar-refractivity contribution in [1.82, 2.24) is 9.21 Å². The normalized spacial score (nSPS) is 11.9. The lowest BCUT2D eigenvalue weighted by Crippen LogP contribution is -2.23. The minimum Gasteiger partial charge on any atom is -0.495 e. The molecule has 0 saturated carbocycles. The summed E-state index contributed by atoms with van der Waals surface area (Å²) in [5, 5.41) is 0. The van der Waals surface area contributed by atoms with Gasteiger partial charge in [-0.2, -0.15) is 0 Å². The van der Waals surface area contributed by atoms with Gasteiger partial charge in [0.15, 0.2) is 0 Å². The smallest absolute Gasteiger partial charge is 0.246 e. The van der Waals surface area contributed by atoms with Gasteiger partial charge in [0, 0.05) is 32.1 Å². The molecule has 0 radical (unpaired) electrons. The van der Waals surface area contributed by atoms with Crippen LogP contribution in [-0.2, 0) is 21.4 Å². The molecule has 27 heavy (non-hydrogen) atoms. The maximum absolute atomic E-state index is 12.5. The molecular weight excluding hydrogens is 452 g/mol. The van der Waals surface area contributed by atoms with Crippen molar-refractivity contribution in [2.45, 2.75) is 11.4 Å². The molecule has 0 fully saturated rings. The average Bonchev–Trinajstić information content (AvgIpc) is 3.03. The standard InChI is InChI=1S/C18H21BrN2O4S2/c1-20(2)27(23,24)16-11-13(5-8-15(16)25-4)6-10-18(22)21(3)12-14-7-9-17(19)26-14/h5-11H,12H2,1-4H3/b10-6+. The molecule has 0 aliphatic heterocycles. The fraction of sp³-hybridized carbons (Fsp3) is 0.278. The minimum atomic E-state index is -3.66. The SMILES string of the molecule is COc1ccc(/C=C/C(=O)N(C)Cc2ccc(Br)s2)cc1S(=O)(=O)N(C)C. The quantitative estimate of drug-likeness (QED) is 0.578. The van der Waals surface area contributed by atoms with Crippen molar-refractivity contribution in [2.75, 3.05) is 28.3 Å². The number of rotatable bonds is 7. The van der Waals surface area contributed by atoms with Gasteiger partial charge in [-0.25, -0.2) is 12.7 Å². The summed E-state index contributed by atoms with van der Waals surface area (Å²) in [5.74, 6) is 0.0833. The van der Waals surface area contributed by atoms with Crippen molar-refractivity contribution in [1.29, 1.82) is 0 Å². The van der Waals surface area contributed by atoms with Crippen LogP contribution in [0.3, 0.4) is 0 Å². The van der Waals surface area contributed by atoms with Crippen molar-refractivity contribution in [3.8, 4) is 5.75 Å². The van der Waals surface area contributed by atoms with Crippen LogP contribution in [-0.4, -0.2) is 51.8 Å². The maximum Gasteiger partial charge on any atom is 0.246 e. The second kappa shape index (κ2) is 9.01. The van der Waals surface area contributed by atoms with Crippen molar-refractivity contribution in [2.24, 2.45) is 0 Å². The molecule has 1 aromatic heterocycles. The van der Waals surface area contributed by atoms with Crippen LogP contribution < -0.4 is 4.74 Å². The van der Waals surface area contributed by atoms with Crippen LogP contribution in [0.25, 0.3) is 6.08 Å². The van der Waals surface area contributed by atoms with E-state index in [-0.39, 0.29) is 16.6 Å². The van der Waals surface area contributed by atoms with E-state index < -0.39 is 10.0 Å². The highest BCUT2D eigenvalue weighted by Crippen LogP contribution is 2.27. The molecule has 146 valence electrons. The van der Waals surface area contributed by atoms with Crippen LogP contribution >= 0.6 is 27.3 Å². The van der Waals surface area contributed by atoms with Gasteiger partial charge in [0.1, 0.15) is 10.6 Å². The maximum atomic E-state index is 12.5. The van der Waals surface area contributed by atoms with Gasteiger partial charge in [0.25, 0.3) is 0 Å². The second-order valence-corrected chi connectivity index (χ2v) is 10.6. The van der Waals surface area contributed by atoms with Crippen molar-refractivity contribution >= 4 is 49.3 Å². The fourth-order valence-electron chi connectivity index (χ4n) is 2.24. The van der Waals surface area contributed by atoms with E-state index in [2.05, 4.69) is 15.9 Å². The third-order valence-corrected chi connectivity index (χ3v) is 7.21.